The van der Waals surface area contributed by atoms with E-state index in [1.54, 1.807) is 32.4 Å². The number of aryl methyl sites for hydroxylation is 1. The van der Waals surface area contributed by atoms with Gasteiger partial charge in [-0.2, -0.15) is 5.26 Å². The number of aliphatic imine (C=N–C) groups is 1. The molecule has 0 radical (unpaired) electrons. The van der Waals surface area contributed by atoms with E-state index in [4.69, 9.17) is 31.9 Å². The third-order valence-corrected chi connectivity index (χ3v) is 6.23. The summed E-state index contributed by atoms with van der Waals surface area (Å²) in [6, 6.07) is 14.1. The van der Waals surface area contributed by atoms with Crippen LogP contribution in [0.2, 0.25) is 5.02 Å². The second kappa shape index (κ2) is 11.3. The first-order valence-electron chi connectivity index (χ1n) is 11.6. The Hall–Kier alpha value is -4.46. The maximum absolute atomic E-state index is 12.7. The van der Waals surface area contributed by atoms with Crippen LogP contribution >= 0.6 is 11.6 Å². The minimum Gasteiger partial charge on any atom is -0.486 e. The molecule has 3 aromatic heterocycles. The number of aromatic nitrogens is 3. The van der Waals surface area contributed by atoms with Crippen LogP contribution in [0.15, 0.2) is 58.4 Å². The lowest BCUT2D eigenvalue weighted by Gasteiger charge is -2.19. The minimum absolute atomic E-state index is 0.0328. The van der Waals surface area contributed by atoms with Crippen LogP contribution in [-0.4, -0.2) is 46.6 Å². The topological polar surface area (TPSA) is 132 Å². The van der Waals surface area contributed by atoms with Crippen LogP contribution in [0.3, 0.4) is 0 Å². The Bertz CT molecular complexity index is 1640. The highest BCUT2D eigenvalue weighted by molar-refractivity contribution is 6.31. The minimum atomic E-state index is -0.429. The molecule has 0 amide bonds. The van der Waals surface area contributed by atoms with Crippen LogP contribution < -0.4 is 20.9 Å². The molecule has 194 valence electrons. The van der Waals surface area contributed by atoms with Crippen LogP contribution in [0.1, 0.15) is 28.1 Å². The summed E-state index contributed by atoms with van der Waals surface area (Å²) in [7, 11) is 4.88. The van der Waals surface area contributed by atoms with E-state index in [1.165, 1.54) is 22.8 Å². The fourth-order valence-electron chi connectivity index (χ4n) is 4.13. The molecular weight excluding hydrogens is 506 g/mol. The number of nitrogens with two attached hydrogens (primary N) is 1. The van der Waals surface area contributed by atoms with Crippen molar-refractivity contribution in [3.8, 4) is 17.7 Å². The van der Waals surface area contributed by atoms with Crippen molar-refractivity contribution in [3.63, 3.8) is 0 Å². The number of rotatable bonds is 7. The predicted molar refractivity (Wildman–Crippen MR) is 146 cm³/mol. The fraction of sp³-hybridized carbons (Fsp3) is 0.222. The largest absolute Gasteiger partial charge is 0.486 e. The van der Waals surface area contributed by atoms with E-state index in [1.807, 2.05) is 37.3 Å². The van der Waals surface area contributed by atoms with Crippen LogP contribution in [-0.2, 0) is 13.2 Å². The maximum Gasteiger partial charge on any atom is 0.268 e. The number of nitriles is 1. The molecule has 3 heterocycles. The molecule has 0 saturated carbocycles. The highest BCUT2D eigenvalue weighted by Gasteiger charge is 2.18. The zero-order valence-electron chi connectivity index (χ0n) is 21.4. The van der Waals surface area contributed by atoms with Crippen molar-refractivity contribution in [2.75, 3.05) is 21.2 Å². The number of pyridine rings is 3. The molecule has 0 aliphatic rings. The molecule has 0 aliphatic heterocycles. The predicted octanol–water partition coefficient (Wildman–Crippen LogP) is 3.44. The Balaban J connectivity index is 1.75. The number of hydrazine groups is 1. The number of hydrogen-bond acceptors (Lipinski definition) is 8. The molecule has 4 rings (SSSR count). The molecule has 2 N–H and O–H groups in total. The van der Waals surface area contributed by atoms with Crippen molar-refractivity contribution in [1.29, 1.82) is 5.26 Å². The summed E-state index contributed by atoms with van der Waals surface area (Å²) in [4.78, 5) is 26.2. The number of methoxy groups -OCH3 is 1. The molecule has 1 aromatic carbocycles. The smallest absolute Gasteiger partial charge is 0.268 e. The number of para-hydroxylation sites is 1. The summed E-state index contributed by atoms with van der Waals surface area (Å²) >= 11 is 6.62. The first kappa shape index (κ1) is 26.6. The Morgan fingerprint density at radius 1 is 1.26 bits per heavy atom. The summed E-state index contributed by atoms with van der Waals surface area (Å²) in [5, 5.41) is 11.9. The molecule has 0 fully saturated rings. The molecular formula is C27H26ClN7O3. The molecule has 0 aliphatic carbocycles. The van der Waals surface area contributed by atoms with Gasteiger partial charge in [0.05, 0.1) is 24.4 Å². The van der Waals surface area contributed by atoms with Crippen LogP contribution in [0.4, 0.5) is 0 Å². The molecule has 0 saturated heterocycles. The third-order valence-electron chi connectivity index (χ3n) is 5.89. The van der Waals surface area contributed by atoms with Gasteiger partial charge in [0.2, 0.25) is 5.88 Å². The highest BCUT2D eigenvalue weighted by Crippen LogP contribution is 2.31. The molecule has 0 atom stereocenters. The molecule has 4 aromatic rings. The summed E-state index contributed by atoms with van der Waals surface area (Å²) in [5.74, 6) is 7.45. The fourth-order valence-corrected chi connectivity index (χ4v) is 4.39. The average Bonchev–Trinajstić information content (AvgIpc) is 2.89. The van der Waals surface area contributed by atoms with E-state index in [0.29, 0.717) is 39.3 Å². The van der Waals surface area contributed by atoms with Gasteiger partial charge >= 0.3 is 0 Å². The number of fused-ring (bicyclic) bond motifs is 1. The number of hydrogen-bond donors (Lipinski definition) is 1. The third kappa shape index (κ3) is 5.29. The first-order valence-corrected chi connectivity index (χ1v) is 12.0. The highest BCUT2D eigenvalue weighted by atomic mass is 35.5. The van der Waals surface area contributed by atoms with Crippen molar-refractivity contribution in [1.82, 2.24) is 19.5 Å². The molecule has 10 nitrogen and oxygen atoms in total. The van der Waals surface area contributed by atoms with Gasteiger partial charge in [0, 0.05) is 48.6 Å². The number of benzene rings is 1. The van der Waals surface area contributed by atoms with Crippen LogP contribution in [0.5, 0.6) is 11.6 Å². The second-order valence-electron chi connectivity index (χ2n) is 8.45. The van der Waals surface area contributed by atoms with E-state index in [0.717, 1.165) is 16.6 Å². The van der Waals surface area contributed by atoms with Gasteiger partial charge in [-0.15, -0.1) is 0 Å². The van der Waals surface area contributed by atoms with Crippen molar-refractivity contribution in [3.05, 3.63) is 92.1 Å². The van der Waals surface area contributed by atoms with E-state index in [9.17, 15) is 10.1 Å². The van der Waals surface area contributed by atoms with Crippen molar-refractivity contribution in [2.45, 2.75) is 20.1 Å². The van der Waals surface area contributed by atoms with Crippen molar-refractivity contribution >= 4 is 28.3 Å². The first-order chi connectivity index (χ1) is 18.3. The van der Waals surface area contributed by atoms with E-state index in [-0.39, 0.29) is 18.7 Å². The summed E-state index contributed by atoms with van der Waals surface area (Å²) < 4.78 is 12.9. The van der Waals surface area contributed by atoms with Gasteiger partial charge in [-0.3, -0.25) is 14.8 Å². The maximum atomic E-state index is 12.7. The van der Waals surface area contributed by atoms with Crippen molar-refractivity contribution < 1.29 is 9.47 Å². The lowest BCUT2D eigenvalue weighted by molar-refractivity contribution is 0.306. The zero-order valence-corrected chi connectivity index (χ0v) is 22.2. The Labute approximate surface area is 224 Å². The van der Waals surface area contributed by atoms with Crippen molar-refractivity contribution in [2.24, 2.45) is 10.8 Å². The molecule has 0 unspecified atom stereocenters. The molecule has 38 heavy (non-hydrogen) atoms. The molecule has 11 heteroatoms. The number of nitrogens with zero attached hydrogens (tertiary/aromatic N) is 6. The summed E-state index contributed by atoms with van der Waals surface area (Å²) in [6.45, 7) is 2.01. The Morgan fingerprint density at radius 2 is 2.05 bits per heavy atom. The van der Waals surface area contributed by atoms with Gasteiger partial charge in [-0.25, -0.2) is 15.8 Å². The lowest BCUT2D eigenvalue weighted by Crippen LogP contribution is -2.34. The van der Waals surface area contributed by atoms with Gasteiger partial charge in [0.25, 0.3) is 5.56 Å². The van der Waals surface area contributed by atoms with Gasteiger partial charge in [0.1, 0.15) is 35.3 Å². The number of amidine groups is 1. The second-order valence-corrected chi connectivity index (χ2v) is 8.86. The Kier molecular flexibility index (Phi) is 7.90. The van der Waals surface area contributed by atoms with Gasteiger partial charge in [0.15, 0.2) is 0 Å². The summed E-state index contributed by atoms with van der Waals surface area (Å²) in [6.07, 6.45) is 1.59. The quantitative estimate of drug-likeness (QED) is 0.166. The monoisotopic (exact) mass is 531 g/mol. The standard InChI is InChI=1S/C27H26ClN7O3/c1-16-11-19(26(31-2)34(3)30)18-8-5-9-23(25(18)32-16)38-15-20-21(28)12-24(37-4)33-22(20)14-35-10-6-7-17(13-29)27(35)36/h5-12H,14-15,30H2,1-4H3. The Morgan fingerprint density at radius 3 is 2.74 bits per heavy atom. The SMILES string of the molecule is CN=C(c1cc(C)nc2c(OCc3c(Cl)cc(OC)nc3Cn3cccc(C#N)c3=O)cccc12)N(C)N. The lowest BCUT2D eigenvalue weighted by atomic mass is 10.1. The van der Waals surface area contributed by atoms with Gasteiger partial charge < -0.3 is 14.0 Å². The van der Waals surface area contributed by atoms with Crippen LogP contribution in [0.25, 0.3) is 10.9 Å². The van der Waals surface area contributed by atoms with Gasteiger partial charge in [-0.05, 0) is 31.2 Å². The van der Waals surface area contributed by atoms with Crippen LogP contribution in [0, 0.1) is 18.3 Å². The van der Waals surface area contributed by atoms with E-state index >= 15 is 0 Å². The normalized spacial score (nSPS) is 11.3. The molecule has 0 spiro atoms. The average molecular weight is 532 g/mol. The van der Waals surface area contributed by atoms with Gasteiger partial charge in [-0.1, -0.05) is 23.7 Å². The zero-order chi connectivity index (χ0) is 27.4. The number of ether oxygens (including phenoxy) is 2. The van der Waals surface area contributed by atoms with E-state index < -0.39 is 5.56 Å². The summed E-state index contributed by atoms with van der Waals surface area (Å²) in [5.41, 5.74) is 2.89. The number of halogens is 1. The van der Waals surface area contributed by atoms with E-state index in [2.05, 4.69) is 9.98 Å². The molecule has 0 bridgehead atoms.